The first-order valence-corrected chi connectivity index (χ1v) is 16.3. The zero-order valence-electron chi connectivity index (χ0n) is 25.6. The molecular formula is C38H31Cl2N3O3S. The summed E-state index contributed by atoms with van der Waals surface area (Å²) in [5.74, 6) is -1.14. The van der Waals surface area contributed by atoms with Crippen molar-refractivity contribution in [3.05, 3.63) is 165 Å². The van der Waals surface area contributed by atoms with Crippen LogP contribution < -0.4 is 16.0 Å². The predicted octanol–water partition coefficient (Wildman–Crippen LogP) is 9.49. The van der Waals surface area contributed by atoms with Crippen LogP contribution in [0.15, 0.2) is 132 Å². The summed E-state index contributed by atoms with van der Waals surface area (Å²) < 4.78 is 0. The highest BCUT2D eigenvalue weighted by molar-refractivity contribution is 8.00. The van der Waals surface area contributed by atoms with Crippen LogP contribution in [0.3, 0.4) is 0 Å². The molecule has 0 saturated carbocycles. The average molecular weight is 681 g/mol. The molecule has 0 radical (unpaired) electrons. The van der Waals surface area contributed by atoms with E-state index in [-0.39, 0.29) is 11.6 Å². The Morgan fingerprint density at radius 3 is 1.98 bits per heavy atom. The SMILES string of the molecule is Cc1cc(C)cc(NC(=O)C(Sc2ccc(NC(=O)/C(=C/c3ccc(Cl)cc3Cl)NC(=O)c3ccccc3)cc2)c2ccccc2)c1. The lowest BCUT2D eigenvalue weighted by Gasteiger charge is -2.18. The number of hydrogen-bond acceptors (Lipinski definition) is 4. The third-order valence-electron chi connectivity index (χ3n) is 6.99. The first kappa shape index (κ1) is 33.5. The van der Waals surface area contributed by atoms with Gasteiger partial charge in [-0.1, -0.05) is 83.9 Å². The molecule has 9 heteroatoms. The molecule has 5 aromatic carbocycles. The lowest BCUT2D eigenvalue weighted by Crippen LogP contribution is -2.30. The Kier molecular flexibility index (Phi) is 11.2. The quantitative estimate of drug-likeness (QED) is 0.101. The highest BCUT2D eigenvalue weighted by atomic mass is 35.5. The fraction of sp³-hybridized carbons (Fsp3) is 0.0789. The molecule has 3 amide bonds. The molecule has 0 bridgehead atoms. The standard InChI is InChI=1S/C38H31Cl2N3O3S/c1-24-19-25(2)21-31(20-24)42-38(46)35(26-9-5-3-6-10-26)47-32-17-15-30(16-18-32)41-37(45)34(22-28-13-14-29(39)23-33(28)40)43-36(44)27-11-7-4-8-12-27/h3-23,35H,1-2H3,(H,41,45)(H,42,46)(H,43,44)/b34-22-. The van der Waals surface area contributed by atoms with Gasteiger partial charge in [0.15, 0.2) is 0 Å². The molecule has 0 spiro atoms. The summed E-state index contributed by atoms with van der Waals surface area (Å²) in [4.78, 5) is 40.9. The zero-order valence-corrected chi connectivity index (χ0v) is 27.9. The van der Waals surface area contributed by atoms with E-state index in [1.165, 1.54) is 17.8 Å². The van der Waals surface area contributed by atoms with E-state index in [4.69, 9.17) is 23.2 Å². The van der Waals surface area contributed by atoms with E-state index >= 15 is 0 Å². The second kappa shape index (κ2) is 15.6. The summed E-state index contributed by atoms with van der Waals surface area (Å²) in [7, 11) is 0. The molecule has 5 aromatic rings. The molecule has 0 aliphatic rings. The Balaban J connectivity index is 1.34. The summed E-state index contributed by atoms with van der Waals surface area (Å²) in [5.41, 5.74) is 5.13. The van der Waals surface area contributed by atoms with Gasteiger partial charge in [-0.15, -0.1) is 11.8 Å². The highest BCUT2D eigenvalue weighted by Crippen LogP contribution is 2.37. The molecule has 0 aliphatic carbocycles. The maximum absolute atomic E-state index is 13.6. The Hall–Kier alpha value is -4.82. The molecule has 3 N–H and O–H groups in total. The van der Waals surface area contributed by atoms with Gasteiger partial charge in [-0.25, -0.2) is 0 Å². The Bertz CT molecular complexity index is 1910. The van der Waals surface area contributed by atoms with Crippen LogP contribution in [0, 0.1) is 13.8 Å². The molecule has 0 fully saturated rings. The van der Waals surface area contributed by atoms with Crippen molar-refractivity contribution in [3.63, 3.8) is 0 Å². The number of hydrogen-bond donors (Lipinski definition) is 3. The maximum atomic E-state index is 13.6. The third kappa shape index (κ3) is 9.36. The summed E-state index contributed by atoms with van der Waals surface area (Å²) in [6.45, 7) is 3.99. The summed E-state index contributed by atoms with van der Waals surface area (Å²) in [5, 5.41) is 8.88. The van der Waals surface area contributed by atoms with Crippen LogP contribution in [-0.2, 0) is 9.59 Å². The van der Waals surface area contributed by atoms with Gasteiger partial charge in [0.25, 0.3) is 11.8 Å². The van der Waals surface area contributed by atoms with Gasteiger partial charge in [-0.3, -0.25) is 14.4 Å². The molecule has 5 rings (SSSR count). The van der Waals surface area contributed by atoms with Crippen molar-refractivity contribution < 1.29 is 14.4 Å². The van der Waals surface area contributed by atoms with Gasteiger partial charge in [0, 0.05) is 31.9 Å². The third-order valence-corrected chi connectivity index (χ3v) is 8.82. The maximum Gasteiger partial charge on any atom is 0.272 e. The molecule has 1 atom stereocenters. The van der Waals surface area contributed by atoms with Crippen molar-refractivity contribution in [1.82, 2.24) is 5.32 Å². The van der Waals surface area contributed by atoms with Crippen molar-refractivity contribution >= 4 is 70.1 Å². The van der Waals surface area contributed by atoms with Crippen LogP contribution in [0.2, 0.25) is 10.0 Å². The van der Waals surface area contributed by atoms with E-state index in [1.807, 2.05) is 68.4 Å². The van der Waals surface area contributed by atoms with Crippen molar-refractivity contribution in [1.29, 1.82) is 0 Å². The Morgan fingerprint density at radius 2 is 1.34 bits per heavy atom. The van der Waals surface area contributed by atoms with Crippen LogP contribution in [0.4, 0.5) is 11.4 Å². The fourth-order valence-corrected chi connectivity index (χ4v) is 6.31. The van der Waals surface area contributed by atoms with E-state index in [0.717, 1.165) is 27.3 Å². The monoisotopic (exact) mass is 679 g/mol. The minimum absolute atomic E-state index is 0.00581. The van der Waals surface area contributed by atoms with Gasteiger partial charge in [0.2, 0.25) is 5.91 Å². The van der Waals surface area contributed by atoms with Crippen molar-refractivity contribution in [2.45, 2.75) is 24.0 Å². The van der Waals surface area contributed by atoms with Gasteiger partial charge in [-0.2, -0.15) is 0 Å². The fourth-order valence-electron chi connectivity index (χ4n) is 4.82. The van der Waals surface area contributed by atoms with E-state index in [9.17, 15) is 14.4 Å². The molecule has 47 heavy (non-hydrogen) atoms. The topological polar surface area (TPSA) is 87.3 Å². The molecule has 6 nitrogen and oxygen atoms in total. The summed E-state index contributed by atoms with van der Waals surface area (Å²) >= 11 is 13.8. The lowest BCUT2D eigenvalue weighted by atomic mass is 10.1. The van der Waals surface area contributed by atoms with Crippen molar-refractivity contribution in [3.8, 4) is 0 Å². The number of carbonyl (C=O) groups is 3. The Morgan fingerprint density at radius 1 is 0.702 bits per heavy atom. The second-order valence-corrected chi connectivity index (χ2v) is 12.8. The van der Waals surface area contributed by atoms with E-state index < -0.39 is 17.1 Å². The van der Waals surface area contributed by atoms with E-state index in [1.54, 1.807) is 60.7 Å². The minimum atomic E-state index is -0.546. The number of halogens is 2. The average Bonchev–Trinajstić information content (AvgIpc) is 3.05. The van der Waals surface area contributed by atoms with Gasteiger partial charge >= 0.3 is 0 Å². The highest BCUT2D eigenvalue weighted by Gasteiger charge is 2.23. The van der Waals surface area contributed by atoms with Gasteiger partial charge in [-0.05, 0) is 103 Å². The number of thioether (sulfide) groups is 1. The summed E-state index contributed by atoms with van der Waals surface area (Å²) in [6, 6.07) is 36.2. The van der Waals surface area contributed by atoms with Gasteiger partial charge < -0.3 is 16.0 Å². The van der Waals surface area contributed by atoms with Gasteiger partial charge in [0.05, 0.1) is 0 Å². The first-order chi connectivity index (χ1) is 22.6. The number of anilines is 2. The zero-order chi connectivity index (χ0) is 33.3. The number of carbonyl (C=O) groups excluding carboxylic acids is 3. The van der Waals surface area contributed by atoms with Crippen molar-refractivity contribution in [2.24, 2.45) is 0 Å². The number of rotatable bonds is 10. The molecule has 236 valence electrons. The summed E-state index contributed by atoms with van der Waals surface area (Å²) in [6.07, 6.45) is 1.50. The molecule has 0 heterocycles. The molecule has 0 aliphatic heterocycles. The van der Waals surface area contributed by atoms with Gasteiger partial charge in [0.1, 0.15) is 10.9 Å². The number of aryl methyl sites for hydroxylation is 2. The Labute approximate surface area is 288 Å². The largest absolute Gasteiger partial charge is 0.325 e. The van der Waals surface area contributed by atoms with Crippen LogP contribution in [0.25, 0.3) is 6.08 Å². The van der Waals surface area contributed by atoms with Crippen molar-refractivity contribution in [2.75, 3.05) is 10.6 Å². The number of amides is 3. The number of benzene rings is 5. The van der Waals surface area contributed by atoms with E-state index in [0.29, 0.717) is 26.9 Å². The van der Waals surface area contributed by atoms with Crippen LogP contribution >= 0.6 is 35.0 Å². The number of nitrogens with one attached hydrogen (secondary N) is 3. The molecule has 0 aromatic heterocycles. The van der Waals surface area contributed by atoms with E-state index in [2.05, 4.69) is 22.0 Å². The van der Waals surface area contributed by atoms with Crippen LogP contribution in [0.1, 0.15) is 37.9 Å². The molecular weight excluding hydrogens is 649 g/mol. The normalized spacial score (nSPS) is 11.8. The van der Waals surface area contributed by atoms with Crippen LogP contribution in [0.5, 0.6) is 0 Å². The minimum Gasteiger partial charge on any atom is -0.325 e. The smallest absolute Gasteiger partial charge is 0.272 e. The predicted molar refractivity (Wildman–Crippen MR) is 193 cm³/mol. The lowest BCUT2D eigenvalue weighted by molar-refractivity contribution is -0.116. The molecule has 1 unspecified atom stereocenters. The van der Waals surface area contributed by atoms with Crippen LogP contribution in [-0.4, -0.2) is 17.7 Å². The first-order valence-electron chi connectivity index (χ1n) is 14.7. The second-order valence-electron chi connectivity index (χ2n) is 10.8. The molecule has 0 saturated heterocycles.